The number of fused-ring (bicyclic) bond motifs is 3. The first-order chi connectivity index (χ1) is 18.1. The number of carbonyl (C=O) groups excluding carboxylic acids is 1. The molecule has 212 valence electrons. The summed E-state index contributed by atoms with van der Waals surface area (Å²) >= 11 is 0. The van der Waals surface area contributed by atoms with Gasteiger partial charge in [0.2, 0.25) is 5.91 Å². The fourth-order valence-corrected chi connectivity index (χ4v) is 6.71. The Bertz CT molecular complexity index is 1210. The Morgan fingerprint density at radius 1 is 1.03 bits per heavy atom. The SMILES string of the molecule is CC[C@@]1(O)C[C@H]2[C@H]3[C@H](c4ccc(F)cc4)[C@@H](O[C@H](C)c4cc(C(F)(F)F)cc(C(F)(F)F)c4)CN3C(=O)[C@H]2C1. The van der Waals surface area contributed by atoms with E-state index in [1.165, 1.54) is 19.1 Å². The number of hydrogen-bond acceptors (Lipinski definition) is 3. The van der Waals surface area contributed by atoms with E-state index in [-0.39, 0.29) is 35.9 Å². The maximum Gasteiger partial charge on any atom is 0.416 e. The largest absolute Gasteiger partial charge is 0.416 e. The second-order valence-electron chi connectivity index (χ2n) is 11.0. The topological polar surface area (TPSA) is 49.8 Å². The van der Waals surface area contributed by atoms with Gasteiger partial charge in [-0.25, -0.2) is 4.39 Å². The molecule has 2 aromatic rings. The van der Waals surface area contributed by atoms with Crippen molar-refractivity contribution in [2.45, 2.75) is 75.2 Å². The van der Waals surface area contributed by atoms with Crippen LogP contribution in [0.2, 0.25) is 0 Å². The molecule has 7 atom stereocenters. The quantitative estimate of drug-likeness (QED) is 0.427. The number of halogens is 7. The molecule has 2 aromatic carbocycles. The molecule has 1 N–H and O–H groups in total. The zero-order valence-electron chi connectivity index (χ0n) is 21.2. The van der Waals surface area contributed by atoms with Crippen LogP contribution in [0.5, 0.6) is 0 Å². The van der Waals surface area contributed by atoms with E-state index >= 15 is 0 Å². The summed E-state index contributed by atoms with van der Waals surface area (Å²) in [5, 5.41) is 10.9. The van der Waals surface area contributed by atoms with Crippen molar-refractivity contribution in [3.63, 3.8) is 0 Å². The van der Waals surface area contributed by atoms with E-state index in [0.717, 1.165) is 0 Å². The van der Waals surface area contributed by atoms with Crippen molar-refractivity contribution in [1.29, 1.82) is 0 Å². The van der Waals surface area contributed by atoms with Crippen LogP contribution < -0.4 is 0 Å². The van der Waals surface area contributed by atoms with E-state index in [2.05, 4.69) is 0 Å². The average molecular weight is 560 g/mol. The van der Waals surface area contributed by atoms with Gasteiger partial charge < -0.3 is 14.7 Å². The molecule has 0 unspecified atom stereocenters. The number of amides is 1. The van der Waals surface area contributed by atoms with Crippen LogP contribution in [0.25, 0.3) is 0 Å². The summed E-state index contributed by atoms with van der Waals surface area (Å²) in [7, 11) is 0. The van der Waals surface area contributed by atoms with Crippen LogP contribution in [0.4, 0.5) is 30.7 Å². The average Bonchev–Trinajstić information content (AvgIpc) is 3.47. The number of hydrogen-bond donors (Lipinski definition) is 1. The Morgan fingerprint density at radius 2 is 1.62 bits per heavy atom. The Kier molecular flexibility index (Phi) is 6.77. The Hall–Kier alpha value is -2.66. The minimum atomic E-state index is -5.00. The zero-order chi connectivity index (χ0) is 28.5. The fraction of sp³-hybridized carbons (Fsp3) is 0.536. The van der Waals surface area contributed by atoms with Crippen molar-refractivity contribution in [2.75, 3.05) is 6.54 Å². The molecule has 0 aromatic heterocycles. The number of rotatable bonds is 5. The van der Waals surface area contributed by atoms with Gasteiger partial charge in [0.15, 0.2) is 0 Å². The first kappa shape index (κ1) is 27.9. The van der Waals surface area contributed by atoms with Crippen molar-refractivity contribution < 1.29 is 45.4 Å². The molecule has 1 saturated carbocycles. The molecule has 1 aliphatic carbocycles. The first-order valence-corrected chi connectivity index (χ1v) is 12.8. The van der Waals surface area contributed by atoms with Gasteiger partial charge in [0.1, 0.15) is 5.82 Å². The first-order valence-electron chi connectivity index (χ1n) is 12.8. The molecule has 3 aliphatic rings. The van der Waals surface area contributed by atoms with Crippen LogP contribution in [-0.2, 0) is 21.9 Å². The van der Waals surface area contributed by atoms with Crippen molar-refractivity contribution >= 4 is 5.91 Å². The second-order valence-corrected chi connectivity index (χ2v) is 11.0. The highest BCUT2D eigenvalue weighted by Gasteiger charge is 2.62. The van der Waals surface area contributed by atoms with Gasteiger partial charge in [-0.15, -0.1) is 0 Å². The normalized spacial score (nSPS) is 31.5. The maximum atomic E-state index is 13.8. The highest BCUT2D eigenvalue weighted by atomic mass is 19.4. The molecule has 39 heavy (non-hydrogen) atoms. The third kappa shape index (κ3) is 5.03. The molecule has 4 nitrogen and oxygen atoms in total. The third-order valence-electron chi connectivity index (χ3n) is 8.65. The summed E-state index contributed by atoms with van der Waals surface area (Å²) in [6.07, 6.45) is -10.8. The summed E-state index contributed by atoms with van der Waals surface area (Å²) < 4.78 is 101. The van der Waals surface area contributed by atoms with Crippen LogP contribution in [-0.4, -0.2) is 40.2 Å². The fourth-order valence-electron chi connectivity index (χ4n) is 6.71. The summed E-state index contributed by atoms with van der Waals surface area (Å²) in [5.74, 6) is -1.76. The Balaban J connectivity index is 1.50. The zero-order valence-corrected chi connectivity index (χ0v) is 21.2. The van der Waals surface area contributed by atoms with Gasteiger partial charge in [-0.1, -0.05) is 19.1 Å². The number of benzene rings is 2. The van der Waals surface area contributed by atoms with Crippen molar-refractivity contribution in [1.82, 2.24) is 4.90 Å². The lowest BCUT2D eigenvalue weighted by atomic mass is 9.80. The number of nitrogens with zero attached hydrogens (tertiary/aromatic N) is 1. The molecule has 0 bridgehead atoms. The molecule has 2 aliphatic heterocycles. The monoisotopic (exact) mass is 559 g/mol. The van der Waals surface area contributed by atoms with Crippen molar-refractivity contribution in [3.05, 3.63) is 70.5 Å². The molecule has 11 heteroatoms. The van der Waals surface area contributed by atoms with Crippen LogP contribution in [0, 0.1) is 17.7 Å². The van der Waals surface area contributed by atoms with Gasteiger partial charge in [-0.3, -0.25) is 4.79 Å². The molecule has 5 rings (SSSR count). The molecule has 2 heterocycles. The Morgan fingerprint density at radius 3 is 2.15 bits per heavy atom. The van der Waals surface area contributed by atoms with Crippen LogP contribution in [0.15, 0.2) is 42.5 Å². The summed E-state index contributed by atoms with van der Waals surface area (Å²) in [4.78, 5) is 15.0. The second kappa shape index (κ2) is 9.47. The highest BCUT2D eigenvalue weighted by Crippen LogP contribution is 2.56. The van der Waals surface area contributed by atoms with Crippen LogP contribution in [0.1, 0.15) is 67.4 Å². The number of aliphatic hydroxyl groups is 1. The summed E-state index contributed by atoms with van der Waals surface area (Å²) in [5.41, 5.74) is -3.53. The number of ether oxygens (including phenoxy) is 1. The minimum absolute atomic E-state index is 0.0664. The maximum absolute atomic E-state index is 13.8. The standard InChI is InChI=1S/C28H28F7NO3/c1-3-26(38)11-20-21(12-26)25(37)36-13-22(23(24(20)36)15-4-6-19(29)7-5-15)39-14(2)16-8-17(27(30,31)32)10-18(9-16)28(33,34)35/h4-10,14,20-24,38H,3,11-13H2,1-2H3/t14-,20-,21+,22+,23-,24+,26-/m1/s1. The molecule has 0 radical (unpaired) electrons. The van der Waals surface area contributed by atoms with Crippen molar-refractivity contribution in [3.8, 4) is 0 Å². The van der Waals surface area contributed by atoms with Crippen LogP contribution in [0.3, 0.4) is 0 Å². The molecule has 3 fully saturated rings. The lowest BCUT2D eigenvalue weighted by Gasteiger charge is -2.30. The molecule has 2 saturated heterocycles. The van der Waals surface area contributed by atoms with E-state index in [1.807, 2.05) is 6.92 Å². The molecule has 1 amide bonds. The van der Waals surface area contributed by atoms with Crippen molar-refractivity contribution in [2.24, 2.45) is 11.8 Å². The highest BCUT2D eigenvalue weighted by molar-refractivity contribution is 5.83. The molecular weight excluding hydrogens is 531 g/mol. The van der Waals surface area contributed by atoms with E-state index in [4.69, 9.17) is 4.74 Å². The lowest BCUT2D eigenvalue weighted by molar-refractivity contribution is -0.143. The van der Waals surface area contributed by atoms with Gasteiger partial charge >= 0.3 is 12.4 Å². The van der Waals surface area contributed by atoms with E-state index in [0.29, 0.717) is 37.0 Å². The van der Waals surface area contributed by atoms with Gasteiger partial charge in [0.25, 0.3) is 0 Å². The van der Waals surface area contributed by atoms with E-state index < -0.39 is 59.1 Å². The van der Waals surface area contributed by atoms with Gasteiger partial charge in [-0.05, 0) is 73.6 Å². The summed E-state index contributed by atoms with van der Waals surface area (Å²) in [6, 6.07) is 6.56. The van der Waals surface area contributed by atoms with Gasteiger partial charge in [0.05, 0.1) is 28.9 Å². The number of alkyl halides is 6. The molecular formula is C28H28F7NO3. The van der Waals surface area contributed by atoms with E-state index in [9.17, 15) is 40.6 Å². The summed E-state index contributed by atoms with van der Waals surface area (Å²) in [6.45, 7) is 3.29. The number of carbonyl (C=O) groups is 1. The van der Waals surface area contributed by atoms with E-state index in [1.54, 1.807) is 17.0 Å². The lowest BCUT2D eigenvalue weighted by Crippen LogP contribution is -2.36. The molecule has 0 spiro atoms. The minimum Gasteiger partial charge on any atom is -0.390 e. The predicted octanol–water partition coefficient (Wildman–Crippen LogP) is 6.49. The Labute approximate surface area is 220 Å². The van der Waals surface area contributed by atoms with Crippen LogP contribution >= 0.6 is 0 Å². The predicted molar refractivity (Wildman–Crippen MR) is 126 cm³/mol. The van der Waals surface area contributed by atoms with Gasteiger partial charge in [0, 0.05) is 24.4 Å². The van der Waals surface area contributed by atoms with Gasteiger partial charge in [-0.2, -0.15) is 26.3 Å². The smallest absolute Gasteiger partial charge is 0.390 e. The third-order valence-corrected chi connectivity index (χ3v) is 8.65.